The fourth-order valence-electron chi connectivity index (χ4n) is 3.33. The van der Waals surface area contributed by atoms with E-state index >= 15 is 0 Å². The quantitative estimate of drug-likeness (QED) is 0.759. The number of phenols is 1. The molecule has 2 aromatic rings. The Bertz CT molecular complexity index is 814. The lowest BCUT2D eigenvalue weighted by Gasteiger charge is -2.25. The van der Waals surface area contributed by atoms with Crippen molar-refractivity contribution in [2.45, 2.75) is 25.7 Å². The van der Waals surface area contributed by atoms with Crippen molar-refractivity contribution in [2.75, 3.05) is 25.4 Å². The summed E-state index contributed by atoms with van der Waals surface area (Å²) in [4.78, 5) is 4.37. The number of nitrogens with two attached hydrogens (primary N) is 1. The van der Waals surface area contributed by atoms with Crippen LogP contribution in [0.2, 0.25) is 0 Å². The first-order valence-electron chi connectivity index (χ1n) is 8.52. The molecule has 138 valence electrons. The highest BCUT2D eigenvalue weighted by Crippen LogP contribution is 2.39. The average Bonchev–Trinajstić information content (AvgIpc) is 2.62. The first-order valence-corrected chi connectivity index (χ1v) is 8.52. The summed E-state index contributed by atoms with van der Waals surface area (Å²) >= 11 is 0. The summed E-state index contributed by atoms with van der Waals surface area (Å²) in [5.41, 5.74) is 8.41. The molecule has 0 spiro atoms. The SMILES string of the molecule is CCOc1cccc(O)c1-c1cc(C2CCCNC2)c(C#N)c(N)n1.Cl. The normalized spacial score (nSPS) is 16.4. The van der Waals surface area contributed by atoms with Gasteiger partial charge in [0.05, 0.1) is 23.4 Å². The predicted octanol–water partition coefficient (Wildman–Crippen LogP) is 3.20. The van der Waals surface area contributed by atoms with E-state index in [1.165, 1.54) is 0 Å². The standard InChI is InChI=1S/C19H22N4O2.ClH/c1-2-25-17-7-3-6-16(24)18(17)15-9-13(12-5-4-8-22-11-12)14(10-20)19(21)23-15;/h3,6-7,9,12,22,24H,2,4-5,8,11H2,1H3,(H2,21,23);1H. The molecular formula is C19H23ClN4O2. The van der Waals surface area contributed by atoms with Crippen LogP contribution in [0.1, 0.15) is 36.8 Å². The highest BCUT2D eigenvalue weighted by Gasteiger charge is 2.23. The largest absolute Gasteiger partial charge is 0.507 e. The maximum atomic E-state index is 10.4. The number of hydrogen-bond donors (Lipinski definition) is 3. The third kappa shape index (κ3) is 3.85. The smallest absolute Gasteiger partial charge is 0.142 e. The zero-order valence-corrected chi connectivity index (χ0v) is 15.5. The van der Waals surface area contributed by atoms with Crippen LogP contribution in [-0.4, -0.2) is 29.8 Å². The highest BCUT2D eigenvalue weighted by molar-refractivity contribution is 5.85. The van der Waals surface area contributed by atoms with Crippen molar-refractivity contribution in [1.82, 2.24) is 10.3 Å². The Balaban J connectivity index is 0.00000243. The van der Waals surface area contributed by atoms with Crippen molar-refractivity contribution < 1.29 is 9.84 Å². The van der Waals surface area contributed by atoms with E-state index in [-0.39, 0.29) is 29.9 Å². The third-order valence-corrected chi connectivity index (χ3v) is 4.49. The number of rotatable bonds is 4. The summed E-state index contributed by atoms with van der Waals surface area (Å²) in [6.07, 6.45) is 2.04. The second-order valence-electron chi connectivity index (χ2n) is 6.10. The fourth-order valence-corrected chi connectivity index (χ4v) is 3.33. The van der Waals surface area contributed by atoms with Gasteiger partial charge in [-0.05, 0) is 56.0 Å². The molecule has 0 radical (unpaired) electrons. The minimum atomic E-state index is 0. The minimum absolute atomic E-state index is 0. The molecule has 7 heteroatoms. The first kappa shape index (κ1) is 19.8. The van der Waals surface area contributed by atoms with Gasteiger partial charge in [0.25, 0.3) is 0 Å². The molecule has 0 amide bonds. The van der Waals surface area contributed by atoms with Crippen LogP contribution in [0.5, 0.6) is 11.5 Å². The number of aromatic nitrogens is 1. The van der Waals surface area contributed by atoms with E-state index in [4.69, 9.17) is 10.5 Å². The third-order valence-electron chi connectivity index (χ3n) is 4.49. The number of anilines is 1. The Kier molecular flexibility index (Phi) is 6.67. The van der Waals surface area contributed by atoms with Crippen molar-refractivity contribution in [3.8, 4) is 28.8 Å². The van der Waals surface area contributed by atoms with E-state index in [0.29, 0.717) is 29.2 Å². The van der Waals surface area contributed by atoms with Crippen molar-refractivity contribution >= 4 is 18.2 Å². The van der Waals surface area contributed by atoms with Gasteiger partial charge in [-0.3, -0.25) is 0 Å². The van der Waals surface area contributed by atoms with Gasteiger partial charge in [-0.1, -0.05) is 6.07 Å². The number of piperidine rings is 1. The highest BCUT2D eigenvalue weighted by atomic mass is 35.5. The van der Waals surface area contributed by atoms with E-state index in [2.05, 4.69) is 16.4 Å². The molecule has 1 fully saturated rings. The van der Waals surface area contributed by atoms with E-state index in [0.717, 1.165) is 31.5 Å². The lowest BCUT2D eigenvalue weighted by Crippen LogP contribution is -2.29. The van der Waals surface area contributed by atoms with Crippen molar-refractivity contribution in [3.63, 3.8) is 0 Å². The lowest BCUT2D eigenvalue weighted by atomic mass is 9.88. The molecular weight excluding hydrogens is 352 g/mol. The molecule has 1 aliphatic heterocycles. The van der Waals surface area contributed by atoms with Crippen LogP contribution in [0.15, 0.2) is 24.3 Å². The lowest BCUT2D eigenvalue weighted by molar-refractivity contribution is 0.339. The Morgan fingerprint density at radius 3 is 2.92 bits per heavy atom. The fraction of sp³-hybridized carbons (Fsp3) is 0.368. The minimum Gasteiger partial charge on any atom is -0.507 e. The summed E-state index contributed by atoms with van der Waals surface area (Å²) in [6.45, 7) is 4.14. The number of halogens is 1. The molecule has 1 aromatic carbocycles. The Morgan fingerprint density at radius 2 is 2.27 bits per heavy atom. The molecule has 0 bridgehead atoms. The van der Waals surface area contributed by atoms with Crippen molar-refractivity contribution in [2.24, 2.45) is 0 Å². The number of nitrogen functional groups attached to an aromatic ring is 1. The monoisotopic (exact) mass is 374 g/mol. The van der Waals surface area contributed by atoms with E-state index in [1.54, 1.807) is 18.2 Å². The predicted molar refractivity (Wildman–Crippen MR) is 104 cm³/mol. The zero-order chi connectivity index (χ0) is 17.8. The van der Waals surface area contributed by atoms with Crippen LogP contribution in [0, 0.1) is 11.3 Å². The van der Waals surface area contributed by atoms with Crippen LogP contribution in [0.3, 0.4) is 0 Å². The number of aromatic hydroxyl groups is 1. The van der Waals surface area contributed by atoms with Gasteiger partial charge < -0.3 is 20.9 Å². The molecule has 1 unspecified atom stereocenters. The van der Waals surface area contributed by atoms with Gasteiger partial charge in [0.15, 0.2) is 0 Å². The van der Waals surface area contributed by atoms with Gasteiger partial charge in [-0.2, -0.15) is 5.26 Å². The Labute approximate surface area is 159 Å². The zero-order valence-electron chi connectivity index (χ0n) is 14.7. The summed E-state index contributed by atoms with van der Waals surface area (Å²) in [7, 11) is 0. The number of hydrogen-bond acceptors (Lipinski definition) is 6. The van der Waals surface area contributed by atoms with E-state index < -0.39 is 0 Å². The van der Waals surface area contributed by atoms with Crippen LogP contribution in [-0.2, 0) is 0 Å². The van der Waals surface area contributed by atoms with Crippen LogP contribution >= 0.6 is 12.4 Å². The molecule has 1 aromatic heterocycles. The molecule has 0 saturated carbocycles. The Morgan fingerprint density at radius 1 is 1.46 bits per heavy atom. The van der Waals surface area contributed by atoms with Gasteiger partial charge in [-0.25, -0.2) is 4.98 Å². The maximum absolute atomic E-state index is 10.4. The second-order valence-corrected chi connectivity index (χ2v) is 6.10. The van der Waals surface area contributed by atoms with Crippen LogP contribution in [0.4, 0.5) is 5.82 Å². The van der Waals surface area contributed by atoms with Crippen molar-refractivity contribution in [1.29, 1.82) is 5.26 Å². The molecule has 1 atom stereocenters. The molecule has 4 N–H and O–H groups in total. The number of ether oxygens (including phenoxy) is 1. The first-order chi connectivity index (χ1) is 12.2. The van der Waals surface area contributed by atoms with Crippen LogP contribution in [0.25, 0.3) is 11.3 Å². The summed E-state index contributed by atoms with van der Waals surface area (Å²) in [5.74, 6) is 1.02. The maximum Gasteiger partial charge on any atom is 0.142 e. The summed E-state index contributed by atoms with van der Waals surface area (Å²) < 4.78 is 5.64. The average molecular weight is 375 g/mol. The summed E-state index contributed by atoms with van der Waals surface area (Å²) in [5, 5.41) is 23.2. The van der Waals surface area contributed by atoms with Gasteiger partial charge in [0.2, 0.25) is 0 Å². The number of nitriles is 1. The van der Waals surface area contributed by atoms with Crippen LogP contribution < -0.4 is 15.8 Å². The number of nitrogens with zero attached hydrogens (tertiary/aromatic N) is 2. The van der Waals surface area contributed by atoms with E-state index in [1.807, 2.05) is 13.0 Å². The summed E-state index contributed by atoms with van der Waals surface area (Å²) in [6, 6.07) is 9.16. The number of pyridine rings is 1. The van der Waals surface area contributed by atoms with Gasteiger partial charge in [0, 0.05) is 6.54 Å². The van der Waals surface area contributed by atoms with Gasteiger partial charge in [-0.15, -0.1) is 12.4 Å². The molecule has 6 nitrogen and oxygen atoms in total. The number of nitrogens with one attached hydrogen (secondary N) is 1. The van der Waals surface area contributed by atoms with Gasteiger partial charge >= 0.3 is 0 Å². The molecule has 0 aliphatic carbocycles. The molecule has 1 saturated heterocycles. The van der Waals surface area contributed by atoms with E-state index in [9.17, 15) is 10.4 Å². The molecule has 26 heavy (non-hydrogen) atoms. The Hall–Kier alpha value is -2.49. The van der Waals surface area contributed by atoms with Crippen molar-refractivity contribution in [3.05, 3.63) is 35.4 Å². The number of phenolic OH excluding ortho intramolecular Hbond substituents is 1. The topological polar surface area (TPSA) is 104 Å². The second kappa shape index (κ2) is 8.75. The molecule has 1 aliphatic rings. The van der Waals surface area contributed by atoms with Gasteiger partial charge in [0.1, 0.15) is 23.4 Å². The number of benzene rings is 1. The molecule has 3 rings (SSSR count). The molecule has 2 heterocycles.